The Morgan fingerprint density at radius 3 is 2.54 bits per heavy atom. The highest BCUT2D eigenvalue weighted by Gasteiger charge is 2.06. The summed E-state index contributed by atoms with van der Waals surface area (Å²) in [6, 6.07) is 3.22. The SMILES string of the molecule is CCOc1cc(Cl)c(CO)cc1Cl. The molecule has 2 nitrogen and oxygen atoms in total. The Labute approximate surface area is 87.0 Å². The number of aliphatic hydroxyl groups excluding tert-OH is 1. The zero-order valence-corrected chi connectivity index (χ0v) is 8.69. The molecule has 0 bridgehead atoms. The molecule has 0 heterocycles. The molecule has 0 atom stereocenters. The van der Waals surface area contributed by atoms with E-state index in [2.05, 4.69) is 0 Å². The maximum absolute atomic E-state index is 8.88. The van der Waals surface area contributed by atoms with Crippen LogP contribution in [0.15, 0.2) is 12.1 Å². The predicted molar refractivity (Wildman–Crippen MR) is 53.6 cm³/mol. The molecule has 4 heteroatoms. The van der Waals surface area contributed by atoms with E-state index in [9.17, 15) is 0 Å². The van der Waals surface area contributed by atoms with Crippen LogP contribution in [0.2, 0.25) is 10.0 Å². The van der Waals surface area contributed by atoms with Crippen LogP contribution in [0.25, 0.3) is 0 Å². The zero-order valence-electron chi connectivity index (χ0n) is 7.18. The number of halogens is 2. The number of benzene rings is 1. The van der Waals surface area contributed by atoms with Gasteiger partial charge in [0.1, 0.15) is 5.75 Å². The molecule has 0 radical (unpaired) electrons. The lowest BCUT2D eigenvalue weighted by Gasteiger charge is -2.08. The van der Waals surface area contributed by atoms with E-state index in [0.717, 1.165) is 0 Å². The van der Waals surface area contributed by atoms with Gasteiger partial charge in [-0.15, -0.1) is 0 Å². The summed E-state index contributed by atoms with van der Waals surface area (Å²) in [5.41, 5.74) is 0.607. The van der Waals surface area contributed by atoms with Crippen LogP contribution in [0.5, 0.6) is 5.75 Å². The molecule has 0 aliphatic rings. The highest BCUT2D eigenvalue weighted by atomic mass is 35.5. The average Bonchev–Trinajstić information content (AvgIpc) is 2.11. The first-order valence-electron chi connectivity index (χ1n) is 3.90. The van der Waals surface area contributed by atoms with Crippen molar-refractivity contribution < 1.29 is 9.84 Å². The highest BCUT2D eigenvalue weighted by molar-refractivity contribution is 6.34. The molecular formula is C9H10Cl2O2. The summed E-state index contributed by atoms with van der Waals surface area (Å²) in [7, 11) is 0. The number of aliphatic hydroxyl groups is 1. The van der Waals surface area contributed by atoms with Crippen molar-refractivity contribution in [2.75, 3.05) is 6.61 Å². The largest absolute Gasteiger partial charge is 0.492 e. The molecule has 1 aromatic carbocycles. The molecule has 13 heavy (non-hydrogen) atoms. The van der Waals surface area contributed by atoms with E-state index >= 15 is 0 Å². The van der Waals surface area contributed by atoms with E-state index in [-0.39, 0.29) is 6.61 Å². The molecule has 1 aromatic rings. The zero-order chi connectivity index (χ0) is 9.84. The summed E-state index contributed by atoms with van der Waals surface area (Å²) in [4.78, 5) is 0. The van der Waals surface area contributed by atoms with Gasteiger partial charge in [-0.25, -0.2) is 0 Å². The van der Waals surface area contributed by atoms with Crippen molar-refractivity contribution in [1.29, 1.82) is 0 Å². The fourth-order valence-electron chi connectivity index (χ4n) is 0.957. The lowest BCUT2D eigenvalue weighted by atomic mass is 10.2. The third kappa shape index (κ3) is 2.50. The van der Waals surface area contributed by atoms with Crippen LogP contribution >= 0.6 is 23.2 Å². The average molecular weight is 221 g/mol. The normalized spacial score (nSPS) is 10.2. The molecule has 0 unspecified atom stereocenters. The van der Waals surface area contributed by atoms with Gasteiger partial charge < -0.3 is 9.84 Å². The Balaban J connectivity index is 3.05. The summed E-state index contributed by atoms with van der Waals surface area (Å²) in [6.45, 7) is 2.28. The molecule has 1 N–H and O–H groups in total. The molecule has 1 rings (SSSR count). The van der Waals surface area contributed by atoms with Gasteiger partial charge in [-0.3, -0.25) is 0 Å². The summed E-state index contributed by atoms with van der Waals surface area (Å²) in [5, 5.41) is 9.82. The molecule has 72 valence electrons. The quantitative estimate of drug-likeness (QED) is 0.850. The van der Waals surface area contributed by atoms with E-state index in [1.165, 1.54) is 0 Å². The third-order valence-electron chi connectivity index (χ3n) is 1.57. The molecule has 0 saturated carbocycles. The molecule has 0 aliphatic heterocycles. The van der Waals surface area contributed by atoms with Gasteiger partial charge in [0.05, 0.1) is 18.2 Å². The van der Waals surface area contributed by atoms with Crippen molar-refractivity contribution in [2.24, 2.45) is 0 Å². The summed E-state index contributed by atoms with van der Waals surface area (Å²) >= 11 is 11.7. The van der Waals surface area contributed by atoms with Gasteiger partial charge in [-0.2, -0.15) is 0 Å². The van der Waals surface area contributed by atoms with E-state index in [0.29, 0.717) is 28.0 Å². The maximum Gasteiger partial charge on any atom is 0.139 e. The lowest BCUT2D eigenvalue weighted by molar-refractivity contribution is 0.281. The fraction of sp³-hybridized carbons (Fsp3) is 0.333. The van der Waals surface area contributed by atoms with Crippen LogP contribution in [0.4, 0.5) is 0 Å². The monoisotopic (exact) mass is 220 g/mol. The first-order chi connectivity index (χ1) is 6.19. The highest BCUT2D eigenvalue weighted by Crippen LogP contribution is 2.31. The van der Waals surface area contributed by atoms with Gasteiger partial charge in [-0.05, 0) is 18.6 Å². The van der Waals surface area contributed by atoms with E-state index < -0.39 is 0 Å². The smallest absolute Gasteiger partial charge is 0.139 e. The van der Waals surface area contributed by atoms with Crippen LogP contribution in [0.3, 0.4) is 0 Å². The van der Waals surface area contributed by atoms with Crippen molar-refractivity contribution >= 4 is 23.2 Å². The number of hydrogen-bond acceptors (Lipinski definition) is 2. The molecule has 0 fully saturated rings. The minimum Gasteiger partial charge on any atom is -0.492 e. The Bertz CT molecular complexity index is 300. The van der Waals surface area contributed by atoms with Gasteiger partial charge in [0, 0.05) is 11.1 Å². The molecule has 0 saturated heterocycles. The maximum atomic E-state index is 8.88. The fourth-order valence-corrected chi connectivity index (χ4v) is 1.41. The number of rotatable bonds is 3. The molecule has 0 amide bonds. The second kappa shape index (κ2) is 4.70. The minimum atomic E-state index is -0.120. The Hall–Kier alpha value is -0.440. The minimum absolute atomic E-state index is 0.120. The van der Waals surface area contributed by atoms with Crippen molar-refractivity contribution in [3.05, 3.63) is 27.7 Å². The predicted octanol–water partition coefficient (Wildman–Crippen LogP) is 2.88. The van der Waals surface area contributed by atoms with Crippen molar-refractivity contribution in [3.8, 4) is 5.75 Å². The number of hydrogen-bond donors (Lipinski definition) is 1. The lowest BCUT2D eigenvalue weighted by Crippen LogP contribution is -1.94. The van der Waals surface area contributed by atoms with Crippen LogP contribution in [0.1, 0.15) is 12.5 Å². The van der Waals surface area contributed by atoms with Gasteiger partial charge in [0.15, 0.2) is 0 Å². The molecule has 0 spiro atoms. The van der Waals surface area contributed by atoms with Gasteiger partial charge in [-0.1, -0.05) is 23.2 Å². The van der Waals surface area contributed by atoms with Crippen LogP contribution in [-0.2, 0) is 6.61 Å². The Kier molecular flexibility index (Phi) is 3.85. The van der Waals surface area contributed by atoms with Crippen LogP contribution in [-0.4, -0.2) is 11.7 Å². The Morgan fingerprint density at radius 1 is 1.31 bits per heavy atom. The molecular weight excluding hydrogens is 211 g/mol. The summed E-state index contributed by atoms with van der Waals surface area (Å²) in [5.74, 6) is 0.548. The van der Waals surface area contributed by atoms with Crippen LogP contribution < -0.4 is 4.74 Å². The van der Waals surface area contributed by atoms with E-state index in [4.69, 9.17) is 33.0 Å². The van der Waals surface area contributed by atoms with Crippen molar-refractivity contribution in [2.45, 2.75) is 13.5 Å². The first kappa shape index (κ1) is 10.6. The van der Waals surface area contributed by atoms with Gasteiger partial charge in [0.25, 0.3) is 0 Å². The van der Waals surface area contributed by atoms with Crippen molar-refractivity contribution in [1.82, 2.24) is 0 Å². The molecule has 0 aromatic heterocycles. The third-order valence-corrected chi connectivity index (χ3v) is 2.22. The van der Waals surface area contributed by atoms with Gasteiger partial charge in [0.2, 0.25) is 0 Å². The Morgan fingerprint density at radius 2 is 2.00 bits per heavy atom. The molecule has 0 aliphatic carbocycles. The van der Waals surface area contributed by atoms with Crippen LogP contribution in [0, 0.1) is 0 Å². The summed E-state index contributed by atoms with van der Waals surface area (Å²) in [6.07, 6.45) is 0. The topological polar surface area (TPSA) is 29.5 Å². The second-order valence-corrected chi connectivity index (χ2v) is 3.28. The van der Waals surface area contributed by atoms with E-state index in [1.54, 1.807) is 12.1 Å². The van der Waals surface area contributed by atoms with Crippen molar-refractivity contribution in [3.63, 3.8) is 0 Å². The summed E-state index contributed by atoms with van der Waals surface area (Å²) < 4.78 is 5.22. The second-order valence-electron chi connectivity index (χ2n) is 2.47. The van der Waals surface area contributed by atoms with E-state index in [1.807, 2.05) is 6.92 Å². The van der Waals surface area contributed by atoms with Gasteiger partial charge >= 0.3 is 0 Å². The standard InChI is InChI=1S/C9H10Cl2O2/c1-2-13-9-4-7(10)6(5-12)3-8(9)11/h3-4,12H,2,5H2,1H3. The first-order valence-corrected chi connectivity index (χ1v) is 4.66. The number of ether oxygens (including phenoxy) is 1.